The third-order valence-corrected chi connectivity index (χ3v) is 3.36. The summed E-state index contributed by atoms with van der Waals surface area (Å²) in [5.74, 6) is 1.58. The molecule has 0 saturated carbocycles. The fourth-order valence-electron chi connectivity index (χ4n) is 1.98. The average Bonchev–Trinajstić information content (AvgIpc) is 2.39. The number of nitrogen functional groups attached to an aromatic ring is 1. The SMILES string of the molecule is CCCC(C)N(C)c1nc(N)nc(N(CC)CC)n1. The molecule has 1 heterocycles. The van der Waals surface area contributed by atoms with Gasteiger partial charge in [0.15, 0.2) is 0 Å². The summed E-state index contributed by atoms with van der Waals surface area (Å²) in [6, 6.07) is 0.386. The van der Waals surface area contributed by atoms with Crippen molar-refractivity contribution in [1.29, 1.82) is 0 Å². The summed E-state index contributed by atoms with van der Waals surface area (Å²) in [5, 5.41) is 0. The van der Waals surface area contributed by atoms with Gasteiger partial charge >= 0.3 is 0 Å². The molecule has 1 aromatic heterocycles. The number of rotatable bonds is 7. The molecular weight excluding hydrogens is 240 g/mol. The van der Waals surface area contributed by atoms with Crippen LogP contribution in [-0.2, 0) is 0 Å². The number of anilines is 3. The van der Waals surface area contributed by atoms with E-state index in [1.165, 1.54) is 0 Å². The second-order valence-electron chi connectivity index (χ2n) is 4.71. The zero-order valence-corrected chi connectivity index (χ0v) is 12.7. The van der Waals surface area contributed by atoms with Crippen molar-refractivity contribution in [2.75, 3.05) is 35.7 Å². The Kier molecular flexibility index (Phi) is 5.79. The highest BCUT2D eigenvalue weighted by atomic mass is 15.3. The molecule has 0 fully saturated rings. The second-order valence-corrected chi connectivity index (χ2v) is 4.71. The summed E-state index contributed by atoms with van der Waals surface area (Å²) in [7, 11) is 2.00. The van der Waals surface area contributed by atoms with Crippen LogP contribution in [0.1, 0.15) is 40.5 Å². The lowest BCUT2D eigenvalue weighted by Gasteiger charge is -2.26. The molecule has 0 amide bonds. The number of aromatic nitrogens is 3. The first-order valence-corrected chi connectivity index (χ1v) is 7.02. The van der Waals surface area contributed by atoms with Crippen LogP contribution in [0.4, 0.5) is 17.8 Å². The molecule has 0 saturated heterocycles. The quantitative estimate of drug-likeness (QED) is 0.813. The van der Waals surface area contributed by atoms with Crippen LogP contribution in [0.5, 0.6) is 0 Å². The minimum atomic E-state index is 0.280. The van der Waals surface area contributed by atoms with Crippen molar-refractivity contribution in [3.63, 3.8) is 0 Å². The maximum absolute atomic E-state index is 5.80. The van der Waals surface area contributed by atoms with Crippen molar-refractivity contribution in [1.82, 2.24) is 15.0 Å². The summed E-state index contributed by atoms with van der Waals surface area (Å²) in [6.07, 6.45) is 2.23. The van der Waals surface area contributed by atoms with Crippen molar-refractivity contribution < 1.29 is 0 Å². The van der Waals surface area contributed by atoms with Gasteiger partial charge in [0.2, 0.25) is 17.8 Å². The topological polar surface area (TPSA) is 71.2 Å². The Morgan fingerprint density at radius 3 is 2.16 bits per heavy atom. The van der Waals surface area contributed by atoms with Gasteiger partial charge in [0.05, 0.1) is 0 Å². The van der Waals surface area contributed by atoms with Crippen LogP contribution in [0.2, 0.25) is 0 Å². The number of hydrogen-bond acceptors (Lipinski definition) is 6. The molecule has 0 aromatic carbocycles. The predicted octanol–water partition coefficient (Wildman–Crippen LogP) is 1.92. The highest BCUT2D eigenvalue weighted by molar-refractivity contribution is 5.43. The largest absolute Gasteiger partial charge is 0.368 e. The van der Waals surface area contributed by atoms with Gasteiger partial charge in [-0.3, -0.25) is 0 Å². The van der Waals surface area contributed by atoms with Crippen LogP contribution in [0.25, 0.3) is 0 Å². The van der Waals surface area contributed by atoms with Crippen molar-refractivity contribution in [2.45, 2.75) is 46.6 Å². The Morgan fingerprint density at radius 2 is 1.63 bits per heavy atom. The molecular formula is C13H26N6. The molecule has 6 heteroatoms. The Bertz CT molecular complexity index is 391. The van der Waals surface area contributed by atoms with Crippen LogP contribution in [-0.4, -0.2) is 41.1 Å². The summed E-state index contributed by atoms with van der Waals surface area (Å²) in [5.41, 5.74) is 5.80. The highest BCUT2D eigenvalue weighted by Crippen LogP contribution is 2.17. The van der Waals surface area contributed by atoms with E-state index in [1.54, 1.807) is 0 Å². The minimum Gasteiger partial charge on any atom is -0.368 e. The van der Waals surface area contributed by atoms with E-state index in [-0.39, 0.29) is 5.95 Å². The molecule has 19 heavy (non-hydrogen) atoms. The molecule has 0 aliphatic carbocycles. The lowest BCUT2D eigenvalue weighted by molar-refractivity contribution is 0.604. The molecule has 0 spiro atoms. The zero-order chi connectivity index (χ0) is 14.4. The van der Waals surface area contributed by atoms with Gasteiger partial charge in [0, 0.05) is 26.2 Å². The number of nitrogens with two attached hydrogens (primary N) is 1. The monoisotopic (exact) mass is 266 g/mol. The van der Waals surface area contributed by atoms with E-state index in [0.29, 0.717) is 17.9 Å². The highest BCUT2D eigenvalue weighted by Gasteiger charge is 2.16. The molecule has 6 nitrogen and oxygen atoms in total. The first-order valence-electron chi connectivity index (χ1n) is 7.02. The van der Waals surface area contributed by atoms with E-state index in [9.17, 15) is 0 Å². The summed E-state index contributed by atoms with van der Waals surface area (Å²) >= 11 is 0. The van der Waals surface area contributed by atoms with Crippen LogP contribution in [0.15, 0.2) is 0 Å². The van der Waals surface area contributed by atoms with E-state index in [1.807, 2.05) is 7.05 Å². The zero-order valence-electron chi connectivity index (χ0n) is 12.7. The van der Waals surface area contributed by atoms with Gasteiger partial charge in [0.25, 0.3) is 0 Å². The molecule has 2 N–H and O–H groups in total. The molecule has 0 bridgehead atoms. The molecule has 0 aliphatic rings. The van der Waals surface area contributed by atoms with E-state index in [0.717, 1.165) is 25.9 Å². The van der Waals surface area contributed by atoms with Crippen LogP contribution >= 0.6 is 0 Å². The van der Waals surface area contributed by atoms with Gasteiger partial charge < -0.3 is 15.5 Å². The minimum absolute atomic E-state index is 0.280. The van der Waals surface area contributed by atoms with E-state index in [4.69, 9.17) is 5.73 Å². The molecule has 1 aromatic rings. The second kappa shape index (κ2) is 7.11. The summed E-state index contributed by atoms with van der Waals surface area (Å²) in [4.78, 5) is 17.1. The van der Waals surface area contributed by atoms with Crippen molar-refractivity contribution >= 4 is 17.8 Å². The third kappa shape index (κ3) is 3.94. The maximum atomic E-state index is 5.80. The normalized spacial score (nSPS) is 12.3. The van der Waals surface area contributed by atoms with Crippen LogP contribution in [0.3, 0.4) is 0 Å². The summed E-state index contributed by atoms with van der Waals surface area (Å²) in [6.45, 7) is 10.2. The van der Waals surface area contributed by atoms with Gasteiger partial charge in [-0.25, -0.2) is 0 Å². The average molecular weight is 266 g/mol. The van der Waals surface area contributed by atoms with Gasteiger partial charge in [-0.15, -0.1) is 0 Å². The van der Waals surface area contributed by atoms with Crippen LogP contribution < -0.4 is 15.5 Å². The van der Waals surface area contributed by atoms with Gasteiger partial charge in [-0.05, 0) is 27.2 Å². The smallest absolute Gasteiger partial charge is 0.231 e. The standard InChI is InChI=1S/C13H26N6/c1-6-9-10(4)18(5)12-15-11(14)16-13(17-12)19(7-2)8-3/h10H,6-9H2,1-5H3,(H2,14,15,16,17). The predicted molar refractivity (Wildman–Crippen MR) is 80.6 cm³/mol. The molecule has 0 radical (unpaired) electrons. The lowest BCUT2D eigenvalue weighted by Crippen LogP contribution is -2.32. The van der Waals surface area contributed by atoms with Crippen molar-refractivity contribution in [3.05, 3.63) is 0 Å². The number of hydrogen-bond donors (Lipinski definition) is 1. The number of nitrogens with zero attached hydrogens (tertiary/aromatic N) is 5. The summed E-state index contributed by atoms with van der Waals surface area (Å²) < 4.78 is 0. The van der Waals surface area contributed by atoms with Crippen molar-refractivity contribution in [3.8, 4) is 0 Å². The Morgan fingerprint density at radius 1 is 1.05 bits per heavy atom. The maximum Gasteiger partial charge on any atom is 0.231 e. The first kappa shape index (κ1) is 15.5. The first-order chi connectivity index (χ1) is 9.03. The molecule has 1 unspecified atom stereocenters. The van der Waals surface area contributed by atoms with Crippen LogP contribution in [0, 0.1) is 0 Å². The fourth-order valence-corrected chi connectivity index (χ4v) is 1.98. The Labute approximate surface area is 116 Å². The van der Waals surface area contributed by atoms with E-state index in [2.05, 4.69) is 52.4 Å². The van der Waals surface area contributed by atoms with E-state index >= 15 is 0 Å². The fraction of sp³-hybridized carbons (Fsp3) is 0.769. The Hall–Kier alpha value is -1.59. The van der Waals surface area contributed by atoms with Gasteiger partial charge in [0.1, 0.15) is 0 Å². The van der Waals surface area contributed by atoms with Gasteiger partial charge in [-0.2, -0.15) is 15.0 Å². The molecule has 1 atom stereocenters. The van der Waals surface area contributed by atoms with E-state index < -0.39 is 0 Å². The third-order valence-electron chi connectivity index (χ3n) is 3.36. The molecule has 0 aliphatic heterocycles. The molecule has 1 rings (SSSR count). The molecule has 108 valence electrons. The van der Waals surface area contributed by atoms with Crippen molar-refractivity contribution in [2.24, 2.45) is 0 Å². The Balaban J connectivity index is 3.01. The lowest BCUT2D eigenvalue weighted by atomic mass is 10.2. The van der Waals surface area contributed by atoms with Gasteiger partial charge in [-0.1, -0.05) is 13.3 Å².